The first-order valence-corrected chi connectivity index (χ1v) is 14.9. The van der Waals surface area contributed by atoms with Crippen LogP contribution in [-0.2, 0) is 17.7 Å². The number of hydrogen-bond acceptors (Lipinski definition) is 5. The molecule has 0 saturated heterocycles. The molecule has 0 heterocycles. The molecule has 7 nitrogen and oxygen atoms in total. The van der Waals surface area contributed by atoms with E-state index in [2.05, 4.69) is 10.6 Å². The Bertz CT molecular complexity index is 722. The fourth-order valence-electron chi connectivity index (χ4n) is 3.83. The van der Waals surface area contributed by atoms with Gasteiger partial charge in [-0.3, -0.25) is 0 Å². The number of rotatable bonds is 14. The summed E-state index contributed by atoms with van der Waals surface area (Å²) >= 11 is 0. The monoisotopic (exact) mass is 476 g/mol. The fraction of sp³-hybridized carbons (Fsp3) is 0.435. The third-order valence-corrected chi connectivity index (χ3v) is 12.8. The Morgan fingerprint density at radius 2 is 1.00 bits per heavy atom. The van der Waals surface area contributed by atoms with Gasteiger partial charge in [-0.05, 0) is 35.3 Å². The molecule has 0 aliphatic carbocycles. The Hall–Kier alpha value is -2.02. The standard InChI is InChI=1S/C23H36N2O5Si2/c1-27-31(28-2,21-13-7-5-8-14-21)19-11-17-24-23(26)25-18-12-20-32(29-3,30-4)22-15-9-6-10-16-22/h5-10,13-16H,11-12,17-20H2,1-4H3,(H2,24,25,26). The minimum absolute atomic E-state index is 0.173. The molecule has 2 N–H and O–H groups in total. The summed E-state index contributed by atoms with van der Waals surface area (Å²) in [5.41, 5.74) is 0. The van der Waals surface area contributed by atoms with Crippen molar-refractivity contribution in [1.29, 1.82) is 0 Å². The van der Waals surface area contributed by atoms with Crippen LogP contribution in [0.2, 0.25) is 12.1 Å². The summed E-state index contributed by atoms with van der Waals surface area (Å²) in [6.07, 6.45) is 1.54. The average Bonchev–Trinajstić information content (AvgIpc) is 2.86. The molecule has 2 aromatic carbocycles. The molecule has 0 aromatic heterocycles. The van der Waals surface area contributed by atoms with Crippen LogP contribution in [-0.4, -0.2) is 64.7 Å². The van der Waals surface area contributed by atoms with Crippen LogP contribution in [0.15, 0.2) is 60.7 Å². The molecule has 0 saturated carbocycles. The van der Waals surface area contributed by atoms with Crippen molar-refractivity contribution in [2.24, 2.45) is 0 Å². The van der Waals surface area contributed by atoms with E-state index < -0.39 is 17.1 Å². The van der Waals surface area contributed by atoms with Gasteiger partial charge in [-0.1, -0.05) is 60.7 Å². The highest BCUT2D eigenvalue weighted by Crippen LogP contribution is 2.15. The van der Waals surface area contributed by atoms with Crippen molar-refractivity contribution in [2.75, 3.05) is 41.5 Å². The highest BCUT2D eigenvalue weighted by molar-refractivity contribution is 6.81. The van der Waals surface area contributed by atoms with E-state index in [1.54, 1.807) is 28.4 Å². The summed E-state index contributed by atoms with van der Waals surface area (Å²) < 4.78 is 23.3. The van der Waals surface area contributed by atoms with Gasteiger partial charge in [-0.25, -0.2) is 4.79 Å². The lowest BCUT2D eigenvalue weighted by molar-refractivity contribution is 0.238. The number of hydrogen-bond donors (Lipinski definition) is 2. The first-order valence-electron chi connectivity index (χ1n) is 10.9. The summed E-state index contributed by atoms with van der Waals surface area (Å²) in [5, 5.41) is 8.03. The molecule has 2 aromatic rings. The van der Waals surface area contributed by atoms with Crippen molar-refractivity contribution in [2.45, 2.75) is 24.9 Å². The lowest BCUT2D eigenvalue weighted by Crippen LogP contribution is -2.53. The Balaban J connectivity index is 1.73. The number of carbonyl (C=O) groups is 1. The Kier molecular flexibility index (Phi) is 11.1. The van der Waals surface area contributed by atoms with Crippen LogP contribution in [0.25, 0.3) is 0 Å². The van der Waals surface area contributed by atoms with E-state index in [0.29, 0.717) is 13.1 Å². The molecule has 9 heteroatoms. The second-order valence-electron chi connectivity index (χ2n) is 7.44. The molecule has 32 heavy (non-hydrogen) atoms. The topological polar surface area (TPSA) is 78.1 Å². The molecule has 0 radical (unpaired) electrons. The summed E-state index contributed by atoms with van der Waals surface area (Å²) in [4.78, 5) is 12.2. The van der Waals surface area contributed by atoms with Gasteiger partial charge in [0, 0.05) is 41.5 Å². The number of carbonyl (C=O) groups excluding carboxylic acids is 1. The van der Waals surface area contributed by atoms with Gasteiger partial charge >= 0.3 is 23.2 Å². The Morgan fingerprint density at radius 1 is 0.656 bits per heavy atom. The van der Waals surface area contributed by atoms with E-state index in [-0.39, 0.29) is 6.03 Å². The number of amides is 2. The van der Waals surface area contributed by atoms with Gasteiger partial charge in [0.15, 0.2) is 0 Å². The van der Waals surface area contributed by atoms with Crippen LogP contribution in [0.5, 0.6) is 0 Å². The summed E-state index contributed by atoms with van der Waals surface area (Å²) in [7, 11) is 1.83. The second-order valence-corrected chi connectivity index (χ2v) is 14.2. The van der Waals surface area contributed by atoms with Crippen LogP contribution in [0, 0.1) is 0 Å². The molecular weight excluding hydrogens is 440 g/mol. The van der Waals surface area contributed by atoms with E-state index in [1.807, 2.05) is 60.7 Å². The largest absolute Gasteiger partial charge is 0.394 e. The maximum atomic E-state index is 12.2. The molecular formula is C23H36N2O5Si2. The molecule has 0 unspecified atom stereocenters. The van der Waals surface area contributed by atoms with Crippen LogP contribution < -0.4 is 21.0 Å². The molecule has 0 fully saturated rings. The van der Waals surface area contributed by atoms with Gasteiger partial charge in [-0.2, -0.15) is 0 Å². The second kappa shape index (κ2) is 13.5. The minimum atomic E-state index is -2.48. The summed E-state index contributed by atoms with van der Waals surface area (Å²) in [6, 6.07) is 21.4. The predicted octanol–water partition coefficient (Wildman–Crippen LogP) is 2.35. The molecule has 0 atom stereocenters. The average molecular weight is 477 g/mol. The predicted molar refractivity (Wildman–Crippen MR) is 132 cm³/mol. The normalized spacial score (nSPS) is 11.9. The summed E-state index contributed by atoms with van der Waals surface area (Å²) in [5.74, 6) is 0. The smallest absolute Gasteiger partial charge is 0.372 e. The first-order chi connectivity index (χ1) is 15.6. The number of urea groups is 1. The molecule has 0 bridgehead atoms. The lowest BCUT2D eigenvalue weighted by atomic mass is 10.4. The van der Waals surface area contributed by atoms with Gasteiger partial charge in [-0.15, -0.1) is 0 Å². The van der Waals surface area contributed by atoms with E-state index >= 15 is 0 Å². The zero-order valence-corrected chi connectivity index (χ0v) is 21.6. The zero-order chi connectivity index (χ0) is 23.3. The van der Waals surface area contributed by atoms with E-state index in [1.165, 1.54) is 0 Å². The van der Waals surface area contributed by atoms with Crippen molar-refractivity contribution >= 4 is 33.5 Å². The molecule has 176 valence electrons. The number of nitrogens with one attached hydrogen (secondary N) is 2. The Morgan fingerprint density at radius 3 is 1.31 bits per heavy atom. The maximum Gasteiger partial charge on any atom is 0.372 e. The van der Waals surface area contributed by atoms with Crippen LogP contribution >= 0.6 is 0 Å². The van der Waals surface area contributed by atoms with Gasteiger partial charge in [0.05, 0.1) is 0 Å². The van der Waals surface area contributed by atoms with Gasteiger partial charge in [0.25, 0.3) is 0 Å². The molecule has 0 aliphatic rings. The highest BCUT2D eigenvalue weighted by atomic mass is 28.4. The molecule has 0 aliphatic heterocycles. The van der Waals surface area contributed by atoms with Gasteiger partial charge < -0.3 is 28.3 Å². The van der Waals surface area contributed by atoms with Crippen molar-refractivity contribution in [1.82, 2.24) is 10.6 Å². The zero-order valence-electron chi connectivity index (χ0n) is 19.6. The molecule has 2 rings (SSSR count). The molecule has 2 amide bonds. The van der Waals surface area contributed by atoms with E-state index in [9.17, 15) is 4.79 Å². The highest BCUT2D eigenvalue weighted by Gasteiger charge is 2.38. The van der Waals surface area contributed by atoms with E-state index in [0.717, 1.165) is 35.3 Å². The van der Waals surface area contributed by atoms with Crippen LogP contribution in [0.4, 0.5) is 4.79 Å². The summed E-state index contributed by atoms with van der Waals surface area (Å²) in [6.45, 7) is 1.11. The fourth-order valence-corrected chi connectivity index (χ4v) is 9.18. The third kappa shape index (κ3) is 6.99. The van der Waals surface area contributed by atoms with Crippen molar-refractivity contribution in [3.63, 3.8) is 0 Å². The third-order valence-electron chi connectivity index (χ3n) is 5.68. The number of benzene rings is 2. The quantitative estimate of drug-likeness (QED) is 0.323. The van der Waals surface area contributed by atoms with Crippen LogP contribution in [0.3, 0.4) is 0 Å². The van der Waals surface area contributed by atoms with Crippen molar-refractivity contribution in [3.8, 4) is 0 Å². The van der Waals surface area contributed by atoms with Crippen molar-refractivity contribution in [3.05, 3.63) is 60.7 Å². The Labute approximate surface area is 193 Å². The van der Waals surface area contributed by atoms with Crippen molar-refractivity contribution < 1.29 is 22.5 Å². The van der Waals surface area contributed by atoms with E-state index in [4.69, 9.17) is 17.7 Å². The minimum Gasteiger partial charge on any atom is -0.394 e. The molecule has 0 spiro atoms. The van der Waals surface area contributed by atoms with Crippen LogP contribution in [0.1, 0.15) is 12.8 Å². The maximum absolute atomic E-state index is 12.2. The van der Waals surface area contributed by atoms with Gasteiger partial charge in [0.2, 0.25) is 0 Å². The lowest BCUT2D eigenvalue weighted by Gasteiger charge is -2.28. The first kappa shape index (κ1) is 26.2. The SMILES string of the molecule is CO[Si](CCCNC(=O)NCCC[Si](OC)(OC)c1ccccc1)(OC)c1ccccc1. The van der Waals surface area contributed by atoms with Gasteiger partial charge in [0.1, 0.15) is 0 Å².